The van der Waals surface area contributed by atoms with Crippen LogP contribution in [0.5, 0.6) is 0 Å². The number of thiocarbonyl (C=S) groups is 1. The van der Waals surface area contributed by atoms with Gasteiger partial charge in [-0.15, -0.1) is 0 Å². The van der Waals surface area contributed by atoms with Crippen LogP contribution in [0.3, 0.4) is 0 Å². The largest absolute Gasteiger partial charge is 0.331 e. The Balaban J connectivity index is 1.66. The lowest BCUT2D eigenvalue weighted by Gasteiger charge is -2.10. The summed E-state index contributed by atoms with van der Waals surface area (Å²) in [7, 11) is 0. The Bertz CT molecular complexity index is 937. The minimum Gasteiger partial charge on any atom is -0.331 e. The van der Waals surface area contributed by atoms with E-state index in [2.05, 4.69) is 15.7 Å². The molecule has 0 aliphatic rings. The zero-order valence-corrected chi connectivity index (χ0v) is 17.0. The molecule has 2 N–H and O–H groups in total. The highest BCUT2D eigenvalue weighted by atomic mass is 35.5. The minimum atomic E-state index is 0.365. The van der Waals surface area contributed by atoms with Crippen molar-refractivity contribution in [2.24, 2.45) is 0 Å². The summed E-state index contributed by atoms with van der Waals surface area (Å²) in [5.74, 6) is 0. The van der Waals surface area contributed by atoms with Crippen LogP contribution in [-0.2, 0) is 6.54 Å². The van der Waals surface area contributed by atoms with Crippen molar-refractivity contribution < 1.29 is 0 Å². The first-order chi connectivity index (χ1) is 12.4. The maximum Gasteiger partial charge on any atom is 0.175 e. The highest BCUT2D eigenvalue weighted by Crippen LogP contribution is 2.26. The standard InChI is InChI=1S/C17H12Cl4N4S/c18-10-4-5-15(21)16(6-10)24-17(26)23-11-7-22-25(8-11)9-12-13(19)2-1-3-14(12)20/h1-8H,9H2,(H2,23,24,26). The fourth-order valence-corrected chi connectivity index (χ4v) is 3.32. The first-order valence-electron chi connectivity index (χ1n) is 7.41. The molecule has 0 saturated heterocycles. The number of hydrogen-bond donors (Lipinski definition) is 2. The van der Waals surface area contributed by atoms with E-state index < -0.39 is 0 Å². The van der Waals surface area contributed by atoms with Crippen molar-refractivity contribution in [3.63, 3.8) is 0 Å². The summed E-state index contributed by atoms with van der Waals surface area (Å²) < 4.78 is 1.71. The van der Waals surface area contributed by atoms with Gasteiger partial charge < -0.3 is 10.6 Å². The fourth-order valence-electron chi connectivity index (χ4n) is 2.24. The quantitative estimate of drug-likeness (QED) is 0.458. The van der Waals surface area contributed by atoms with Crippen LogP contribution in [0, 0.1) is 0 Å². The van der Waals surface area contributed by atoms with Gasteiger partial charge in [0.25, 0.3) is 0 Å². The zero-order valence-electron chi connectivity index (χ0n) is 13.1. The smallest absolute Gasteiger partial charge is 0.175 e. The van der Waals surface area contributed by atoms with E-state index in [-0.39, 0.29) is 0 Å². The number of aromatic nitrogens is 2. The molecule has 0 aliphatic carbocycles. The highest BCUT2D eigenvalue weighted by Gasteiger charge is 2.09. The number of halogens is 4. The molecule has 2 aromatic carbocycles. The summed E-state index contributed by atoms with van der Waals surface area (Å²) in [5, 5.41) is 13.0. The molecule has 3 rings (SSSR count). The Hall–Kier alpha value is -1.50. The monoisotopic (exact) mass is 444 g/mol. The number of nitrogens with one attached hydrogen (secondary N) is 2. The molecule has 4 nitrogen and oxygen atoms in total. The fraction of sp³-hybridized carbons (Fsp3) is 0.0588. The summed E-state index contributed by atoms with van der Waals surface area (Å²) in [6.07, 6.45) is 3.45. The van der Waals surface area contributed by atoms with Crippen LogP contribution in [-0.4, -0.2) is 14.9 Å². The second kappa shape index (κ2) is 8.46. The molecule has 3 aromatic rings. The van der Waals surface area contributed by atoms with E-state index in [1.54, 1.807) is 53.5 Å². The Labute approximate surface area is 176 Å². The van der Waals surface area contributed by atoms with Crippen molar-refractivity contribution in [2.75, 3.05) is 10.6 Å². The lowest BCUT2D eigenvalue weighted by Crippen LogP contribution is -2.19. The maximum atomic E-state index is 6.19. The van der Waals surface area contributed by atoms with Crippen LogP contribution in [0.15, 0.2) is 48.8 Å². The highest BCUT2D eigenvalue weighted by molar-refractivity contribution is 7.80. The van der Waals surface area contributed by atoms with Gasteiger partial charge in [-0.1, -0.05) is 52.5 Å². The number of nitrogens with zero attached hydrogens (tertiary/aromatic N) is 2. The molecule has 1 heterocycles. The molecule has 0 spiro atoms. The van der Waals surface area contributed by atoms with E-state index in [4.69, 9.17) is 58.6 Å². The second-order valence-corrected chi connectivity index (χ2v) is 7.40. The first-order valence-corrected chi connectivity index (χ1v) is 9.33. The molecular weight excluding hydrogens is 434 g/mol. The predicted molar refractivity (Wildman–Crippen MR) is 114 cm³/mol. The summed E-state index contributed by atoms with van der Waals surface area (Å²) in [6.45, 7) is 0.445. The van der Waals surface area contributed by atoms with Gasteiger partial charge in [0.1, 0.15) is 0 Å². The van der Waals surface area contributed by atoms with Gasteiger partial charge in [0.05, 0.1) is 29.1 Å². The Morgan fingerprint density at radius 2 is 1.73 bits per heavy atom. The van der Waals surface area contributed by atoms with Crippen LogP contribution in [0.1, 0.15) is 5.56 Å². The molecule has 0 radical (unpaired) electrons. The van der Waals surface area contributed by atoms with E-state index >= 15 is 0 Å². The Morgan fingerprint density at radius 3 is 2.46 bits per heavy atom. The lowest BCUT2D eigenvalue weighted by atomic mass is 10.2. The van der Waals surface area contributed by atoms with Crippen molar-refractivity contribution in [3.8, 4) is 0 Å². The van der Waals surface area contributed by atoms with Gasteiger partial charge in [-0.3, -0.25) is 4.68 Å². The molecule has 0 unspecified atom stereocenters. The van der Waals surface area contributed by atoms with Crippen molar-refractivity contribution in [3.05, 3.63) is 74.4 Å². The molecule has 1 aromatic heterocycles. The van der Waals surface area contributed by atoms with Crippen molar-refractivity contribution in [1.82, 2.24) is 9.78 Å². The molecule has 0 aliphatic heterocycles. The Morgan fingerprint density at radius 1 is 1.00 bits per heavy atom. The summed E-state index contributed by atoms with van der Waals surface area (Å²) >= 11 is 29.8. The van der Waals surface area contributed by atoms with Gasteiger partial charge in [0, 0.05) is 26.8 Å². The van der Waals surface area contributed by atoms with E-state index in [9.17, 15) is 0 Å². The summed E-state index contributed by atoms with van der Waals surface area (Å²) in [4.78, 5) is 0. The average molecular weight is 446 g/mol. The normalized spacial score (nSPS) is 10.6. The molecular formula is C17H12Cl4N4S. The minimum absolute atomic E-state index is 0.365. The molecule has 0 amide bonds. The third-order valence-corrected chi connectivity index (χ3v) is 4.93. The van der Waals surface area contributed by atoms with Crippen LogP contribution >= 0.6 is 58.6 Å². The van der Waals surface area contributed by atoms with Gasteiger partial charge in [-0.05, 0) is 42.5 Å². The number of anilines is 2. The average Bonchev–Trinajstić information content (AvgIpc) is 3.01. The van der Waals surface area contributed by atoms with Crippen molar-refractivity contribution in [1.29, 1.82) is 0 Å². The maximum absolute atomic E-state index is 6.19. The third kappa shape index (κ3) is 4.81. The molecule has 0 atom stereocenters. The van der Waals surface area contributed by atoms with Gasteiger partial charge >= 0.3 is 0 Å². The molecule has 0 saturated carbocycles. The van der Waals surface area contributed by atoms with Gasteiger partial charge in [0.2, 0.25) is 0 Å². The van der Waals surface area contributed by atoms with Crippen LogP contribution in [0.4, 0.5) is 11.4 Å². The second-order valence-electron chi connectivity index (χ2n) is 5.33. The van der Waals surface area contributed by atoms with E-state index in [1.165, 1.54) is 0 Å². The molecule has 9 heteroatoms. The summed E-state index contributed by atoms with van der Waals surface area (Å²) in [6, 6.07) is 10.5. The first kappa shape index (κ1) is 19.3. The summed E-state index contributed by atoms with van der Waals surface area (Å²) in [5.41, 5.74) is 2.13. The number of rotatable bonds is 4. The van der Waals surface area contributed by atoms with Gasteiger partial charge in [0.15, 0.2) is 5.11 Å². The van der Waals surface area contributed by atoms with Crippen LogP contribution in [0.2, 0.25) is 20.1 Å². The SMILES string of the molecule is S=C(Nc1cnn(Cc2c(Cl)cccc2Cl)c1)Nc1cc(Cl)ccc1Cl. The van der Waals surface area contributed by atoms with Crippen molar-refractivity contribution in [2.45, 2.75) is 6.54 Å². The molecule has 134 valence electrons. The third-order valence-electron chi connectivity index (χ3n) is 3.45. The van der Waals surface area contributed by atoms with E-state index in [1.807, 2.05) is 0 Å². The van der Waals surface area contributed by atoms with Crippen molar-refractivity contribution >= 4 is 75.1 Å². The van der Waals surface area contributed by atoms with Crippen LogP contribution in [0.25, 0.3) is 0 Å². The molecule has 0 fully saturated rings. The predicted octanol–water partition coefficient (Wildman–Crippen LogP) is 6.35. The Kier molecular flexibility index (Phi) is 6.27. The van der Waals surface area contributed by atoms with E-state index in [0.717, 1.165) is 5.56 Å². The van der Waals surface area contributed by atoms with Crippen LogP contribution < -0.4 is 10.6 Å². The molecule has 26 heavy (non-hydrogen) atoms. The zero-order chi connectivity index (χ0) is 18.7. The lowest BCUT2D eigenvalue weighted by molar-refractivity contribution is 0.687. The molecule has 0 bridgehead atoms. The van der Waals surface area contributed by atoms with Gasteiger partial charge in [-0.2, -0.15) is 5.10 Å². The van der Waals surface area contributed by atoms with Gasteiger partial charge in [-0.25, -0.2) is 0 Å². The van der Waals surface area contributed by atoms with E-state index in [0.29, 0.717) is 43.1 Å². The number of benzene rings is 2. The number of hydrogen-bond acceptors (Lipinski definition) is 2. The topological polar surface area (TPSA) is 41.9 Å².